The molecule has 3 rings (SSSR count). The highest BCUT2D eigenvalue weighted by Gasteiger charge is 2.13. The van der Waals surface area contributed by atoms with Gasteiger partial charge in [0.25, 0.3) is 11.8 Å². The number of hydrazine groups is 1. The molecule has 150 valence electrons. The second kappa shape index (κ2) is 9.51. The van der Waals surface area contributed by atoms with Crippen molar-refractivity contribution in [2.24, 2.45) is 0 Å². The van der Waals surface area contributed by atoms with E-state index in [1.807, 2.05) is 19.1 Å². The van der Waals surface area contributed by atoms with Crippen LogP contribution in [0.4, 0.5) is 5.13 Å². The van der Waals surface area contributed by atoms with E-state index in [-0.39, 0.29) is 18.8 Å². The number of carbonyl (C=O) groups is 3. The molecule has 3 N–H and O–H groups in total. The van der Waals surface area contributed by atoms with E-state index in [1.54, 1.807) is 23.6 Å². The van der Waals surface area contributed by atoms with Crippen molar-refractivity contribution in [2.75, 3.05) is 11.9 Å². The quantitative estimate of drug-likeness (QED) is 0.509. The number of aryl methyl sites for hydroxylation is 1. The van der Waals surface area contributed by atoms with Crippen LogP contribution in [0.5, 0.6) is 5.75 Å². The molecule has 0 radical (unpaired) electrons. The van der Waals surface area contributed by atoms with Crippen LogP contribution in [0.2, 0.25) is 0 Å². The molecule has 3 amide bonds. The third-order valence-corrected chi connectivity index (χ3v) is 4.37. The van der Waals surface area contributed by atoms with Gasteiger partial charge >= 0.3 is 0 Å². The molecule has 0 fully saturated rings. The number of carbonyl (C=O) groups excluding carboxylic acids is 3. The van der Waals surface area contributed by atoms with Gasteiger partial charge in [-0.15, -0.1) is 11.3 Å². The van der Waals surface area contributed by atoms with Gasteiger partial charge in [-0.3, -0.25) is 30.6 Å². The molecule has 0 saturated carbocycles. The summed E-state index contributed by atoms with van der Waals surface area (Å²) >= 11 is 1.18. The van der Waals surface area contributed by atoms with Gasteiger partial charge in [0.05, 0.1) is 18.4 Å². The highest BCUT2D eigenvalue weighted by Crippen LogP contribution is 2.17. The summed E-state index contributed by atoms with van der Waals surface area (Å²) in [5.41, 5.74) is 6.03. The Hall–Kier alpha value is -3.66. The van der Waals surface area contributed by atoms with Gasteiger partial charge < -0.3 is 9.15 Å². The largest absolute Gasteiger partial charge is 0.484 e. The Labute approximate surface area is 170 Å². The van der Waals surface area contributed by atoms with Crippen LogP contribution in [0.15, 0.2) is 52.5 Å². The number of benzene rings is 1. The minimum atomic E-state index is -0.496. The Bertz CT molecular complexity index is 1000. The average Bonchev–Trinajstić information content (AvgIpc) is 3.37. The number of thiazole rings is 1. The number of furan rings is 1. The smallest absolute Gasteiger partial charge is 0.293 e. The number of amides is 3. The molecule has 3 aromatic rings. The monoisotopic (exact) mass is 414 g/mol. The number of hydrogen-bond donors (Lipinski definition) is 3. The lowest BCUT2D eigenvalue weighted by atomic mass is 10.2. The summed E-state index contributed by atoms with van der Waals surface area (Å²) in [7, 11) is 0. The average molecular weight is 414 g/mol. The van der Waals surface area contributed by atoms with Crippen LogP contribution in [0.25, 0.3) is 0 Å². The first-order chi connectivity index (χ1) is 14.0. The van der Waals surface area contributed by atoms with Crippen molar-refractivity contribution in [2.45, 2.75) is 13.3 Å². The van der Waals surface area contributed by atoms with Crippen LogP contribution in [0.1, 0.15) is 21.8 Å². The van der Waals surface area contributed by atoms with E-state index in [2.05, 4.69) is 21.2 Å². The summed E-state index contributed by atoms with van der Waals surface area (Å²) in [5, 5.41) is 4.56. The van der Waals surface area contributed by atoms with E-state index < -0.39 is 17.7 Å². The fourth-order valence-corrected chi connectivity index (χ4v) is 2.96. The summed E-state index contributed by atoms with van der Waals surface area (Å²) in [5.74, 6) is -0.651. The van der Waals surface area contributed by atoms with Crippen molar-refractivity contribution in [3.63, 3.8) is 0 Å². The van der Waals surface area contributed by atoms with E-state index in [0.717, 1.165) is 5.56 Å². The van der Waals surface area contributed by atoms with Crippen molar-refractivity contribution in [3.05, 3.63) is 65.1 Å². The first kappa shape index (κ1) is 20.1. The molecule has 0 aliphatic heterocycles. The van der Waals surface area contributed by atoms with Crippen molar-refractivity contribution in [1.29, 1.82) is 0 Å². The maximum absolute atomic E-state index is 11.9. The molecule has 2 aromatic heterocycles. The minimum absolute atomic E-state index is 0.0634. The first-order valence-electron chi connectivity index (χ1n) is 8.56. The summed E-state index contributed by atoms with van der Waals surface area (Å²) in [6, 6.07) is 10.4. The van der Waals surface area contributed by atoms with Crippen LogP contribution in [0, 0.1) is 6.92 Å². The van der Waals surface area contributed by atoms with Crippen molar-refractivity contribution >= 4 is 34.2 Å². The van der Waals surface area contributed by atoms with Crippen molar-refractivity contribution in [3.8, 4) is 5.75 Å². The summed E-state index contributed by atoms with van der Waals surface area (Å²) in [6.07, 6.45) is 1.33. The molecule has 9 nitrogen and oxygen atoms in total. The van der Waals surface area contributed by atoms with Gasteiger partial charge in [-0.05, 0) is 36.8 Å². The molecule has 0 bridgehead atoms. The second-order valence-electron chi connectivity index (χ2n) is 5.95. The lowest BCUT2D eigenvalue weighted by molar-refractivity contribution is -0.129. The topological polar surface area (TPSA) is 123 Å². The molecule has 0 unspecified atom stereocenters. The molecule has 29 heavy (non-hydrogen) atoms. The van der Waals surface area contributed by atoms with Crippen molar-refractivity contribution < 1.29 is 23.5 Å². The third-order valence-electron chi connectivity index (χ3n) is 3.56. The number of ether oxygens (including phenoxy) is 1. The van der Waals surface area contributed by atoms with E-state index >= 15 is 0 Å². The lowest BCUT2D eigenvalue weighted by Gasteiger charge is -2.08. The molecule has 1 aromatic carbocycles. The zero-order chi connectivity index (χ0) is 20.6. The molecular formula is C19H18N4O5S. The van der Waals surface area contributed by atoms with E-state index in [1.165, 1.54) is 23.7 Å². The Morgan fingerprint density at radius 3 is 2.72 bits per heavy atom. The van der Waals surface area contributed by atoms with Gasteiger partial charge in [0, 0.05) is 5.38 Å². The van der Waals surface area contributed by atoms with Crippen LogP contribution in [-0.2, 0) is 16.0 Å². The van der Waals surface area contributed by atoms with Gasteiger partial charge in [-0.1, -0.05) is 12.1 Å². The Kier molecular flexibility index (Phi) is 6.59. The molecule has 0 spiro atoms. The summed E-state index contributed by atoms with van der Waals surface area (Å²) in [4.78, 5) is 39.8. The predicted molar refractivity (Wildman–Crippen MR) is 105 cm³/mol. The molecule has 0 saturated heterocycles. The third kappa shape index (κ3) is 6.18. The molecule has 0 atom stereocenters. The number of nitrogens with one attached hydrogen (secondary N) is 3. The fourth-order valence-electron chi connectivity index (χ4n) is 2.25. The van der Waals surface area contributed by atoms with Gasteiger partial charge in [0.2, 0.25) is 5.91 Å². The fraction of sp³-hybridized carbons (Fsp3) is 0.158. The van der Waals surface area contributed by atoms with Gasteiger partial charge in [0.1, 0.15) is 5.75 Å². The number of rotatable bonds is 7. The lowest BCUT2D eigenvalue weighted by Crippen LogP contribution is -2.44. The van der Waals surface area contributed by atoms with Crippen LogP contribution in [0.3, 0.4) is 0 Å². The first-order valence-corrected chi connectivity index (χ1v) is 9.44. The minimum Gasteiger partial charge on any atom is -0.484 e. The normalized spacial score (nSPS) is 10.2. The van der Waals surface area contributed by atoms with Crippen LogP contribution < -0.4 is 20.9 Å². The van der Waals surface area contributed by atoms with Crippen LogP contribution >= 0.6 is 11.3 Å². The molecule has 0 aliphatic carbocycles. The highest BCUT2D eigenvalue weighted by atomic mass is 32.1. The SMILES string of the molecule is Cc1cccc(OCC(=O)NNC(=O)Cc2csc(NC(=O)c3ccco3)n2)c1. The van der Waals surface area contributed by atoms with Crippen molar-refractivity contribution in [1.82, 2.24) is 15.8 Å². The Balaban J connectivity index is 1.39. The zero-order valence-corrected chi connectivity index (χ0v) is 16.2. The van der Waals surface area contributed by atoms with E-state index in [0.29, 0.717) is 16.6 Å². The molecule has 2 heterocycles. The molecule has 10 heteroatoms. The predicted octanol–water partition coefficient (Wildman–Crippen LogP) is 2.07. The Morgan fingerprint density at radius 1 is 1.14 bits per heavy atom. The number of aromatic nitrogens is 1. The maximum atomic E-state index is 11.9. The van der Waals surface area contributed by atoms with Gasteiger partial charge in [-0.2, -0.15) is 0 Å². The summed E-state index contributed by atoms with van der Waals surface area (Å²) in [6.45, 7) is 1.68. The molecule has 0 aliphatic rings. The van der Waals surface area contributed by atoms with Gasteiger partial charge in [0.15, 0.2) is 17.5 Å². The Morgan fingerprint density at radius 2 is 1.97 bits per heavy atom. The summed E-state index contributed by atoms with van der Waals surface area (Å²) < 4.78 is 10.3. The molecular weight excluding hydrogens is 396 g/mol. The van der Waals surface area contributed by atoms with E-state index in [9.17, 15) is 14.4 Å². The zero-order valence-electron chi connectivity index (χ0n) is 15.4. The van der Waals surface area contributed by atoms with Gasteiger partial charge in [-0.25, -0.2) is 4.98 Å². The number of nitrogens with zero attached hydrogens (tertiary/aromatic N) is 1. The second-order valence-corrected chi connectivity index (χ2v) is 6.81. The number of anilines is 1. The van der Waals surface area contributed by atoms with E-state index in [4.69, 9.17) is 9.15 Å². The standard InChI is InChI=1S/C19H18N4O5S/c1-12-4-2-5-14(8-12)28-10-17(25)23-22-16(24)9-13-11-29-19(20-13)21-18(26)15-6-3-7-27-15/h2-8,11H,9-10H2,1H3,(H,22,24)(H,23,25)(H,20,21,26). The maximum Gasteiger partial charge on any atom is 0.293 e. The van der Waals surface area contributed by atoms with Crippen LogP contribution in [-0.4, -0.2) is 29.3 Å². The highest BCUT2D eigenvalue weighted by molar-refractivity contribution is 7.14. The number of hydrogen-bond acceptors (Lipinski definition) is 7.